The molecule has 0 saturated carbocycles. The third-order valence-corrected chi connectivity index (χ3v) is 2.94. The average Bonchev–Trinajstić information content (AvgIpc) is 2.79. The van der Waals surface area contributed by atoms with E-state index in [1.807, 2.05) is 12.3 Å². The zero-order valence-corrected chi connectivity index (χ0v) is 9.37. The first kappa shape index (κ1) is 9.86. The molecule has 0 bridgehead atoms. The van der Waals surface area contributed by atoms with E-state index in [-0.39, 0.29) is 0 Å². The van der Waals surface area contributed by atoms with Crippen molar-refractivity contribution in [3.63, 3.8) is 0 Å². The van der Waals surface area contributed by atoms with E-state index in [1.165, 1.54) is 0 Å². The van der Waals surface area contributed by atoms with Gasteiger partial charge in [0.15, 0.2) is 0 Å². The van der Waals surface area contributed by atoms with Crippen LogP contribution in [0.2, 0.25) is 5.15 Å². The molecule has 0 unspecified atom stereocenters. The molecule has 1 aliphatic heterocycles. The summed E-state index contributed by atoms with van der Waals surface area (Å²) in [5.74, 6) is 0.670. The normalized spacial score (nSPS) is 16.9. The van der Waals surface area contributed by atoms with Crippen molar-refractivity contribution < 1.29 is 4.74 Å². The fourth-order valence-electron chi connectivity index (χ4n) is 1.80. The monoisotopic (exact) mass is 238 g/mol. The molecule has 0 radical (unpaired) electrons. The summed E-state index contributed by atoms with van der Waals surface area (Å²) in [6, 6.07) is 1.88. The summed E-state index contributed by atoms with van der Waals surface area (Å²) >= 11 is 6.09. The number of aromatic nitrogens is 3. The first-order chi connectivity index (χ1) is 7.84. The lowest BCUT2D eigenvalue weighted by atomic mass is 10.4. The quantitative estimate of drug-likeness (QED) is 0.764. The second-order valence-corrected chi connectivity index (χ2v) is 4.01. The van der Waals surface area contributed by atoms with Crippen LogP contribution in [0.25, 0.3) is 11.0 Å². The number of aromatic amines is 1. The van der Waals surface area contributed by atoms with Crippen LogP contribution in [0.3, 0.4) is 0 Å². The Kier molecular flexibility index (Phi) is 2.41. The predicted molar refractivity (Wildman–Crippen MR) is 61.9 cm³/mol. The number of ether oxygens (including phenoxy) is 1. The van der Waals surface area contributed by atoms with E-state index in [4.69, 9.17) is 16.3 Å². The molecular weight excluding hydrogens is 228 g/mol. The van der Waals surface area contributed by atoms with Crippen LogP contribution in [0.1, 0.15) is 0 Å². The van der Waals surface area contributed by atoms with Gasteiger partial charge in [-0.25, -0.2) is 4.98 Å². The molecule has 84 valence electrons. The lowest BCUT2D eigenvalue weighted by molar-refractivity contribution is 0.122. The highest BCUT2D eigenvalue weighted by Gasteiger charge is 2.16. The van der Waals surface area contributed by atoms with Gasteiger partial charge in [0.1, 0.15) is 10.8 Å². The van der Waals surface area contributed by atoms with E-state index in [1.54, 1.807) is 0 Å². The topological polar surface area (TPSA) is 54.0 Å². The van der Waals surface area contributed by atoms with Crippen molar-refractivity contribution in [1.29, 1.82) is 0 Å². The van der Waals surface area contributed by atoms with Crippen LogP contribution in [0, 0.1) is 0 Å². The van der Waals surface area contributed by atoms with Gasteiger partial charge in [-0.3, -0.25) is 0 Å². The van der Waals surface area contributed by atoms with Crippen molar-refractivity contribution in [2.75, 3.05) is 31.2 Å². The number of halogens is 1. The lowest BCUT2D eigenvalue weighted by Crippen LogP contribution is -2.37. The number of hydrogen-bond donors (Lipinski definition) is 1. The van der Waals surface area contributed by atoms with E-state index < -0.39 is 0 Å². The Balaban J connectivity index is 2.02. The predicted octanol–water partition coefficient (Wildman–Crippen LogP) is 1.45. The molecule has 0 amide bonds. The Morgan fingerprint density at radius 1 is 1.31 bits per heavy atom. The minimum absolute atomic E-state index is 0.493. The molecule has 0 aromatic carbocycles. The minimum Gasteiger partial charge on any atom is -0.378 e. The Labute approximate surface area is 97.4 Å². The number of nitrogens with one attached hydrogen (secondary N) is 1. The average molecular weight is 239 g/mol. The molecule has 5 nitrogen and oxygen atoms in total. The highest BCUT2D eigenvalue weighted by Crippen LogP contribution is 2.22. The fraction of sp³-hybridized carbons (Fsp3) is 0.400. The smallest absolute Gasteiger partial charge is 0.228 e. The SMILES string of the molecule is Clc1nc(N2CCOCC2)nc2[nH]ccc12. The maximum absolute atomic E-state index is 6.09. The van der Waals surface area contributed by atoms with Crippen molar-refractivity contribution in [3.8, 4) is 0 Å². The summed E-state index contributed by atoms with van der Waals surface area (Å²) in [6.07, 6.45) is 1.81. The second kappa shape index (κ2) is 3.92. The highest BCUT2D eigenvalue weighted by molar-refractivity contribution is 6.34. The van der Waals surface area contributed by atoms with E-state index >= 15 is 0 Å². The maximum Gasteiger partial charge on any atom is 0.228 e. The Morgan fingerprint density at radius 2 is 2.12 bits per heavy atom. The molecule has 3 rings (SSSR count). The standard InChI is InChI=1S/C10H11ClN4O/c11-8-7-1-2-12-9(7)14-10(13-8)15-3-5-16-6-4-15/h1-2H,3-6H2,(H,12,13,14). The maximum atomic E-state index is 6.09. The van der Waals surface area contributed by atoms with Crippen molar-refractivity contribution in [1.82, 2.24) is 15.0 Å². The van der Waals surface area contributed by atoms with Gasteiger partial charge in [-0.2, -0.15) is 4.98 Å². The van der Waals surface area contributed by atoms with Crippen molar-refractivity contribution >= 4 is 28.6 Å². The summed E-state index contributed by atoms with van der Waals surface area (Å²) in [5.41, 5.74) is 0.779. The van der Waals surface area contributed by atoms with E-state index in [0.717, 1.165) is 24.1 Å². The largest absolute Gasteiger partial charge is 0.378 e. The number of hydrogen-bond acceptors (Lipinski definition) is 4. The highest BCUT2D eigenvalue weighted by atomic mass is 35.5. The first-order valence-electron chi connectivity index (χ1n) is 5.18. The molecule has 2 aromatic heterocycles. The van der Waals surface area contributed by atoms with Gasteiger partial charge in [-0.05, 0) is 6.07 Å². The Bertz CT molecular complexity index is 506. The molecule has 1 aliphatic rings. The van der Waals surface area contributed by atoms with Crippen molar-refractivity contribution in [2.45, 2.75) is 0 Å². The number of fused-ring (bicyclic) bond motifs is 1. The van der Waals surface area contributed by atoms with Crippen molar-refractivity contribution in [3.05, 3.63) is 17.4 Å². The molecule has 1 fully saturated rings. The third-order valence-electron chi connectivity index (χ3n) is 2.65. The molecule has 1 saturated heterocycles. The summed E-state index contributed by atoms with van der Waals surface area (Å²) in [5, 5.41) is 1.35. The summed E-state index contributed by atoms with van der Waals surface area (Å²) in [7, 11) is 0. The van der Waals surface area contributed by atoms with Gasteiger partial charge in [-0.15, -0.1) is 0 Å². The van der Waals surface area contributed by atoms with Gasteiger partial charge in [0.25, 0.3) is 0 Å². The van der Waals surface area contributed by atoms with Gasteiger partial charge < -0.3 is 14.6 Å². The van der Waals surface area contributed by atoms with Crippen LogP contribution in [-0.4, -0.2) is 41.3 Å². The van der Waals surface area contributed by atoms with Gasteiger partial charge in [0, 0.05) is 19.3 Å². The molecule has 1 N–H and O–H groups in total. The Hall–Kier alpha value is -1.33. The summed E-state index contributed by atoms with van der Waals surface area (Å²) in [4.78, 5) is 13.9. The fourth-order valence-corrected chi connectivity index (χ4v) is 2.03. The third kappa shape index (κ3) is 1.62. The number of morpholine rings is 1. The Morgan fingerprint density at radius 3 is 2.94 bits per heavy atom. The van der Waals surface area contributed by atoms with Gasteiger partial charge >= 0.3 is 0 Å². The molecular formula is C10H11ClN4O. The van der Waals surface area contributed by atoms with Crippen molar-refractivity contribution in [2.24, 2.45) is 0 Å². The van der Waals surface area contributed by atoms with E-state index in [2.05, 4.69) is 19.9 Å². The van der Waals surface area contributed by atoms with E-state index in [9.17, 15) is 0 Å². The van der Waals surface area contributed by atoms with Gasteiger partial charge in [0.2, 0.25) is 5.95 Å². The van der Waals surface area contributed by atoms with Crippen LogP contribution < -0.4 is 4.90 Å². The number of anilines is 1. The number of rotatable bonds is 1. The lowest BCUT2D eigenvalue weighted by Gasteiger charge is -2.26. The first-order valence-corrected chi connectivity index (χ1v) is 5.56. The molecule has 0 spiro atoms. The number of nitrogens with zero attached hydrogens (tertiary/aromatic N) is 3. The molecule has 0 atom stereocenters. The zero-order chi connectivity index (χ0) is 11.0. The zero-order valence-electron chi connectivity index (χ0n) is 8.61. The van der Waals surface area contributed by atoms with Crippen LogP contribution >= 0.6 is 11.6 Å². The van der Waals surface area contributed by atoms with Gasteiger partial charge in [-0.1, -0.05) is 11.6 Å². The molecule has 6 heteroatoms. The van der Waals surface area contributed by atoms with Crippen LogP contribution in [0.4, 0.5) is 5.95 Å². The van der Waals surface area contributed by atoms with Crippen LogP contribution in [-0.2, 0) is 4.74 Å². The molecule has 16 heavy (non-hydrogen) atoms. The summed E-state index contributed by atoms with van der Waals surface area (Å²) in [6.45, 7) is 3.04. The molecule has 3 heterocycles. The second-order valence-electron chi connectivity index (χ2n) is 3.65. The van der Waals surface area contributed by atoms with Gasteiger partial charge in [0.05, 0.1) is 18.6 Å². The number of H-pyrrole nitrogens is 1. The van der Waals surface area contributed by atoms with Crippen LogP contribution in [0.5, 0.6) is 0 Å². The summed E-state index contributed by atoms with van der Waals surface area (Å²) < 4.78 is 5.29. The molecule has 0 aliphatic carbocycles. The van der Waals surface area contributed by atoms with E-state index in [0.29, 0.717) is 24.3 Å². The van der Waals surface area contributed by atoms with Crippen LogP contribution in [0.15, 0.2) is 12.3 Å². The minimum atomic E-state index is 0.493. The molecule has 2 aromatic rings.